The average molecular weight is 311 g/mol. The van der Waals surface area contributed by atoms with Gasteiger partial charge in [-0.1, -0.05) is 18.2 Å². The number of benzene rings is 1. The van der Waals surface area contributed by atoms with Crippen molar-refractivity contribution in [2.24, 2.45) is 0 Å². The lowest BCUT2D eigenvalue weighted by Crippen LogP contribution is -2.12. The van der Waals surface area contributed by atoms with Gasteiger partial charge in [0.15, 0.2) is 5.76 Å². The van der Waals surface area contributed by atoms with Gasteiger partial charge in [-0.05, 0) is 30.7 Å². The Morgan fingerprint density at radius 2 is 2.09 bits per heavy atom. The van der Waals surface area contributed by atoms with Crippen LogP contribution in [0.25, 0.3) is 6.08 Å². The maximum atomic E-state index is 12.0. The fraction of sp³-hybridized carbons (Fsp3) is 0.118. The Balaban J connectivity index is 2.29. The zero-order valence-corrected chi connectivity index (χ0v) is 12.3. The molecule has 23 heavy (non-hydrogen) atoms. The third kappa shape index (κ3) is 3.86. The molecule has 0 bridgehead atoms. The van der Waals surface area contributed by atoms with E-state index in [0.29, 0.717) is 5.56 Å². The molecule has 1 aromatic carbocycles. The standard InChI is InChI=1S/C17H13NO5/c1-2-3-14-16(13(19)8-15(23-14)17(20)21)22-10-12-6-4-11(9-18)5-7-12/h2-8H,10H2,1H3,(H,20,21)/b3-2+. The molecule has 0 aliphatic heterocycles. The lowest BCUT2D eigenvalue weighted by atomic mass is 10.1. The number of carboxylic acid groups (broad SMARTS) is 1. The zero-order chi connectivity index (χ0) is 16.8. The topological polar surface area (TPSA) is 101 Å². The van der Waals surface area contributed by atoms with Gasteiger partial charge in [0, 0.05) is 6.07 Å². The van der Waals surface area contributed by atoms with Crippen molar-refractivity contribution in [3.8, 4) is 11.8 Å². The highest BCUT2D eigenvalue weighted by Crippen LogP contribution is 2.19. The van der Waals surface area contributed by atoms with Crippen molar-refractivity contribution in [3.05, 3.63) is 69.3 Å². The van der Waals surface area contributed by atoms with Crippen LogP contribution < -0.4 is 10.2 Å². The summed E-state index contributed by atoms with van der Waals surface area (Å²) in [6.45, 7) is 1.80. The quantitative estimate of drug-likeness (QED) is 0.911. The second-order valence-electron chi connectivity index (χ2n) is 4.57. The first-order valence-corrected chi connectivity index (χ1v) is 6.71. The van der Waals surface area contributed by atoms with Crippen molar-refractivity contribution in [3.63, 3.8) is 0 Å². The first-order valence-electron chi connectivity index (χ1n) is 6.71. The highest BCUT2D eigenvalue weighted by molar-refractivity contribution is 5.84. The van der Waals surface area contributed by atoms with E-state index in [1.807, 2.05) is 6.07 Å². The van der Waals surface area contributed by atoms with Crippen molar-refractivity contribution in [2.45, 2.75) is 13.5 Å². The first-order chi connectivity index (χ1) is 11.0. The van der Waals surface area contributed by atoms with Crippen molar-refractivity contribution in [2.75, 3.05) is 0 Å². The van der Waals surface area contributed by atoms with E-state index >= 15 is 0 Å². The lowest BCUT2D eigenvalue weighted by molar-refractivity contribution is 0.0657. The minimum absolute atomic E-state index is 0.0473. The minimum atomic E-state index is -1.33. The summed E-state index contributed by atoms with van der Waals surface area (Å²) in [5.41, 5.74) is 0.709. The summed E-state index contributed by atoms with van der Waals surface area (Å²) in [6.07, 6.45) is 3.07. The molecule has 0 aliphatic rings. The van der Waals surface area contributed by atoms with Crippen LogP contribution in [0.3, 0.4) is 0 Å². The molecule has 0 saturated heterocycles. The lowest BCUT2D eigenvalue weighted by Gasteiger charge is -2.08. The Hall–Kier alpha value is -3.33. The third-order valence-electron chi connectivity index (χ3n) is 2.92. The van der Waals surface area contributed by atoms with Crippen molar-refractivity contribution in [1.29, 1.82) is 5.26 Å². The predicted octanol–water partition coefficient (Wildman–Crippen LogP) is 2.82. The molecule has 0 radical (unpaired) electrons. The fourth-order valence-electron chi connectivity index (χ4n) is 1.84. The van der Waals surface area contributed by atoms with Gasteiger partial charge in [-0.25, -0.2) is 4.79 Å². The van der Waals surface area contributed by atoms with Crippen molar-refractivity contribution < 1.29 is 19.1 Å². The molecule has 0 amide bonds. The molecular weight excluding hydrogens is 298 g/mol. The van der Waals surface area contributed by atoms with E-state index in [1.54, 1.807) is 37.3 Å². The monoisotopic (exact) mass is 311 g/mol. The van der Waals surface area contributed by atoms with Crippen LogP contribution in [0.5, 0.6) is 5.75 Å². The molecule has 6 nitrogen and oxygen atoms in total. The molecule has 1 aromatic heterocycles. The van der Waals surface area contributed by atoms with Gasteiger partial charge in [-0.3, -0.25) is 4.79 Å². The van der Waals surface area contributed by atoms with Gasteiger partial charge in [0.1, 0.15) is 6.61 Å². The minimum Gasteiger partial charge on any atom is -0.481 e. The van der Waals surface area contributed by atoms with E-state index in [0.717, 1.165) is 11.6 Å². The third-order valence-corrected chi connectivity index (χ3v) is 2.92. The summed E-state index contributed by atoms with van der Waals surface area (Å²) in [5.74, 6) is -1.79. The van der Waals surface area contributed by atoms with Crippen molar-refractivity contribution in [1.82, 2.24) is 0 Å². The number of hydrogen-bond donors (Lipinski definition) is 1. The highest BCUT2D eigenvalue weighted by Gasteiger charge is 2.15. The van der Waals surface area contributed by atoms with Crippen LogP contribution in [-0.4, -0.2) is 11.1 Å². The first kappa shape index (κ1) is 16.0. The molecule has 0 aliphatic carbocycles. The van der Waals surface area contributed by atoms with Crippen LogP contribution in [0, 0.1) is 11.3 Å². The maximum Gasteiger partial charge on any atom is 0.371 e. The van der Waals surface area contributed by atoms with E-state index in [2.05, 4.69) is 0 Å². The van der Waals surface area contributed by atoms with Crippen LogP contribution in [0.15, 0.2) is 45.6 Å². The zero-order valence-electron chi connectivity index (χ0n) is 12.3. The molecule has 2 rings (SSSR count). The molecule has 2 aromatic rings. The Kier molecular flexibility index (Phi) is 4.95. The summed E-state index contributed by atoms with van der Waals surface area (Å²) in [6, 6.07) is 9.59. The summed E-state index contributed by atoms with van der Waals surface area (Å²) in [7, 11) is 0. The normalized spacial score (nSPS) is 10.4. The van der Waals surface area contributed by atoms with E-state index in [1.165, 1.54) is 6.08 Å². The molecule has 6 heteroatoms. The number of nitrogens with zero attached hydrogens (tertiary/aromatic N) is 1. The van der Waals surface area contributed by atoms with Crippen LogP contribution in [-0.2, 0) is 6.61 Å². The molecular formula is C17H13NO5. The average Bonchev–Trinajstić information content (AvgIpc) is 2.54. The van der Waals surface area contributed by atoms with E-state index in [4.69, 9.17) is 19.5 Å². The smallest absolute Gasteiger partial charge is 0.371 e. The fourth-order valence-corrected chi connectivity index (χ4v) is 1.84. The number of nitriles is 1. The van der Waals surface area contributed by atoms with E-state index in [-0.39, 0.29) is 18.1 Å². The van der Waals surface area contributed by atoms with Crippen LogP contribution in [0.1, 0.15) is 34.4 Å². The van der Waals surface area contributed by atoms with Gasteiger partial charge in [-0.15, -0.1) is 0 Å². The molecule has 1 heterocycles. The molecule has 0 atom stereocenters. The number of hydrogen-bond acceptors (Lipinski definition) is 5. The second-order valence-corrected chi connectivity index (χ2v) is 4.57. The molecule has 0 saturated carbocycles. The van der Waals surface area contributed by atoms with Crippen LogP contribution in [0.4, 0.5) is 0 Å². The number of ether oxygens (including phenoxy) is 1. The molecule has 0 fully saturated rings. The number of carbonyl (C=O) groups is 1. The Labute approximate surface area is 131 Å². The van der Waals surface area contributed by atoms with E-state index in [9.17, 15) is 9.59 Å². The second kappa shape index (κ2) is 7.09. The van der Waals surface area contributed by atoms with Crippen LogP contribution in [0.2, 0.25) is 0 Å². The maximum absolute atomic E-state index is 12.0. The molecule has 116 valence electrons. The predicted molar refractivity (Wildman–Crippen MR) is 82.1 cm³/mol. The van der Waals surface area contributed by atoms with Crippen molar-refractivity contribution >= 4 is 12.0 Å². The summed E-state index contributed by atoms with van der Waals surface area (Å²) in [5, 5.41) is 17.7. The van der Waals surface area contributed by atoms with Crippen LogP contribution >= 0.6 is 0 Å². The molecule has 0 spiro atoms. The number of allylic oxidation sites excluding steroid dienone is 1. The summed E-state index contributed by atoms with van der Waals surface area (Å²) >= 11 is 0. The van der Waals surface area contributed by atoms with Gasteiger partial charge in [0.05, 0.1) is 11.6 Å². The number of rotatable bonds is 5. The Morgan fingerprint density at radius 1 is 1.39 bits per heavy atom. The van der Waals surface area contributed by atoms with Gasteiger partial charge in [-0.2, -0.15) is 5.26 Å². The Morgan fingerprint density at radius 3 is 2.65 bits per heavy atom. The highest BCUT2D eigenvalue weighted by atomic mass is 16.5. The van der Waals surface area contributed by atoms with Gasteiger partial charge < -0.3 is 14.3 Å². The largest absolute Gasteiger partial charge is 0.481 e. The summed E-state index contributed by atoms with van der Waals surface area (Å²) in [4.78, 5) is 23.0. The van der Waals surface area contributed by atoms with E-state index < -0.39 is 17.2 Å². The SMILES string of the molecule is C/C=C/c1oc(C(=O)O)cc(=O)c1OCc1ccc(C#N)cc1. The molecule has 1 N–H and O–H groups in total. The number of aromatic carboxylic acids is 1. The van der Waals surface area contributed by atoms with Gasteiger partial charge >= 0.3 is 5.97 Å². The summed E-state index contributed by atoms with van der Waals surface area (Å²) < 4.78 is 10.6. The Bertz CT molecular complexity index is 841. The molecule has 0 unspecified atom stereocenters. The van der Waals surface area contributed by atoms with Gasteiger partial charge in [0.25, 0.3) is 0 Å². The number of carboxylic acids is 1. The van der Waals surface area contributed by atoms with Gasteiger partial charge in [0.2, 0.25) is 16.9 Å².